The lowest BCUT2D eigenvalue weighted by atomic mass is 10.1. The first kappa shape index (κ1) is 19.1. The molecule has 1 rings (SSSR count). The van der Waals surface area contributed by atoms with E-state index < -0.39 is 4.92 Å². The van der Waals surface area contributed by atoms with Crippen LogP contribution in [0.4, 0.5) is 5.69 Å². The van der Waals surface area contributed by atoms with Gasteiger partial charge >= 0.3 is 0 Å². The molecule has 0 heterocycles. The largest absolute Gasteiger partial charge is 0.492 e. The molecular weight excluding hydrogens is 420 g/mol. The number of nitro groups is 1. The lowest BCUT2D eigenvalue weighted by molar-refractivity contribution is -0.385. The van der Waals surface area contributed by atoms with E-state index in [-0.39, 0.29) is 5.69 Å². The van der Waals surface area contributed by atoms with Gasteiger partial charge in [0, 0.05) is 26.3 Å². The number of halogens is 2. The van der Waals surface area contributed by atoms with Crippen LogP contribution in [-0.2, 0) is 4.74 Å². The summed E-state index contributed by atoms with van der Waals surface area (Å²) in [6, 6.07) is 4.70. The fourth-order valence-corrected chi connectivity index (χ4v) is 2.19. The van der Waals surface area contributed by atoms with E-state index in [9.17, 15) is 10.1 Å². The zero-order chi connectivity index (χ0) is 16.5. The lowest BCUT2D eigenvalue weighted by Gasteiger charge is -2.16. The van der Waals surface area contributed by atoms with Crippen LogP contribution >= 0.6 is 31.9 Å². The molecule has 8 heteroatoms. The summed E-state index contributed by atoms with van der Waals surface area (Å²) in [7, 11) is 3.65. The van der Waals surface area contributed by atoms with Crippen LogP contribution in [0.25, 0.3) is 6.08 Å². The molecule has 0 N–H and O–H groups in total. The Bertz CT molecular complexity index is 534. The third-order valence-corrected chi connectivity index (χ3v) is 3.34. The third-order valence-electron chi connectivity index (χ3n) is 2.88. The van der Waals surface area contributed by atoms with Crippen molar-refractivity contribution in [3.63, 3.8) is 0 Å². The summed E-state index contributed by atoms with van der Waals surface area (Å²) in [5.41, 5.74) is 0.500. The predicted molar refractivity (Wildman–Crippen MR) is 93.8 cm³/mol. The first-order valence-corrected chi connectivity index (χ1v) is 8.14. The van der Waals surface area contributed by atoms with E-state index in [0.717, 1.165) is 13.1 Å². The molecule has 0 saturated carbocycles. The molecule has 0 unspecified atom stereocenters. The first-order chi connectivity index (χ1) is 10.4. The molecule has 1 aromatic rings. The summed E-state index contributed by atoms with van der Waals surface area (Å²) < 4.78 is 11.3. The van der Waals surface area contributed by atoms with E-state index in [1.807, 2.05) is 7.05 Å². The highest BCUT2D eigenvalue weighted by molar-refractivity contribution is 9.28. The maximum Gasteiger partial charge on any atom is 0.276 e. The van der Waals surface area contributed by atoms with Crippen molar-refractivity contribution >= 4 is 43.6 Å². The number of ether oxygens (including phenoxy) is 2. The molecule has 0 aliphatic heterocycles. The van der Waals surface area contributed by atoms with Crippen molar-refractivity contribution in [2.75, 3.05) is 40.5 Å². The van der Waals surface area contributed by atoms with E-state index in [1.165, 1.54) is 6.07 Å². The average molecular weight is 438 g/mol. The van der Waals surface area contributed by atoms with E-state index >= 15 is 0 Å². The Hall–Kier alpha value is -0.960. The highest BCUT2D eigenvalue weighted by Gasteiger charge is 2.13. The molecular formula is C14H18Br2N2O4. The van der Waals surface area contributed by atoms with E-state index in [0.29, 0.717) is 27.9 Å². The Labute approximate surface area is 146 Å². The van der Waals surface area contributed by atoms with E-state index in [2.05, 4.69) is 36.8 Å². The van der Waals surface area contributed by atoms with Gasteiger partial charge in [0.2, 0.25) is 0 Å². The van der Waals surface area contributed by atoms with Gasteiger partial charge in [-0.05, 0) is 57.1 Å². The van der Waals surface area contributed by atoms with Crippen molar-refractivity contribution in [1.82, 2.24) is 4.90 Å². The van der Waals surface area contributed by atoms with Gasteiger partial charge < -0.3 is 14.4 Å². The van der Waals surface area contributed by atoms with Crippen molar-refractivity contribution in [3.05, 3.63) is 37.3 Å². The number of hydrogen-bond donors (Lipinski definition) is 0. The molecule has 0 atom stereocenters. The zero-order valence-electron chi connectivity index (χ0n) is 12.4. The fourth-order valence-electron chi connectivity index (χ4n) is 1.70. The zero-order valence-corrected chi connectivity index (χ0v) is 15.6. The Morgan fingerprint density at radius 1 is 1.36 bits per heavy atom. The molecule has 0 bridgehead atoms. The smallest absolute Gasteiger partial charge is 0.276 e. The minimum atomic E-state index is -0.420. The Balaban J connectivity index is 2.68. The van der Waals surface area contributed by atoms with Gasteiger partial charge in [-0.1, -0.05) is 0 Å². The quantitative estimate of drug-likeness (QED) is 0.435. The molecule has 6 nitrogen and oxygen atoms in total. The van der Waals surface area contributed by atoms with Crippen LogP contribution in [0.1, 0.15) is 5.56 Å². The van der Waals surface area contributed by atoms with Gasteiger partial charge in [0.25, 0.3) is 5.69 Å². The molecule has 122 valence electrons. The minimum Gasteiger partial charge on any atom is -0.492 e. The fraction of sp³-hybridized carbons (Fsp3) is 0.429. The van der Waals surface area contributed by atoms with Crippen LogP contribution in [-0.4, -0.2) is 50.3 Å². The monoisotopic (exact) mass is 436 g/mol. The molecule has 0 aliphatic carbocycles. The topological polar surface area (TPSA) is 64.8 Å². The summed E-state index contributed by atoms with van der Waals surface area (Å²) >= 11 is 6.42. The highest BCUT2D eigenvalue weighted by atomic mass is 79.9. The Morgan fingerprint density at radius 3 is 2.64 bits per heavy atom. The number of hydrogen-bond acceptors (Lipinski definition) is 5. The maximum absolute atomic E-state index is 11.0. The molecule has 0 saturated heterocycles. The van der Waals surface area contributed by atoms with Crippen molar-refractivity contribution in [3.8, 4) is 5.75 Å². The summed E-state index contributed by atoms with van der Waals surface area (Å²) in [4.78, 5) is 12.7. The second-order valence-electron chi connectivity index (χ2n) is 4.56. The molecule has 0 fully saturated rings. The van der Waals surface area contributed by atoms with Gasteiger partial charge in [-0.3, -0.25) is 10.1 Å². The number of nitro benzene ring substituents is 1. The van der Waals surface area contributed by atoms with Crippen molar-refractivity contribution in [2.45, 2.75) is 0 Å². The Morgan fingerprint density at radius 2 is 2.05 bits per heavy atom. The van der Waals surface area contributed by atoms with Gasteiger partial charge in [0.15, 0.2) is 0 Å². The van der Waals surface area contributed by atoms with Crippen molar-refractivity contribution in [2.24, 2.45) is 0 Å². The van der Waals surface area contributed by atoms with Crippen LogP contribution in [0.2, 0.25) is 0 Å². The summed E-state index contributed by atoms with van der Waals surface area (Å²) in [6.07, 6.45) is 1.62. The molecule has 0 aliphatic rings. The van der Waals surface area contributed by atoms with E-state index in [4.69, 9.17) is 9.47 Å². The van der Waals surface area contributed by atoms with Crippen molar-refractivity contribution < 1.29 is 14.4 Å². The third kappa shape index (κ3) is 6.87. The predicted octanol–water partition coefficient (Wildman–Crippen LogP) is 3.64. The second-order valence-corrected chi connectivity index (χ2v) is 7.33. The van der Waals surface area contributed by atoms with Crippen LogP contribution in [0, 0.1) is 10.1 Å². The lowest BCUT2D eigenvalue weighted by Crippen LogP contribution is -2.27. The van der Waals surface area contributed by atoms with Gasteiger partial charge in [0.1, 0.15) is 12.4 Å². The van der Waals surface area contributed by atoms with Crippen molar-refractivity contribution in [1.29, 1.82) is 0 Å². The summed E-state index contributed by atoms with van der Waals surface area (Å²) in [5, 5.41) is 11.0. The molecule has 1 aromatic carbocycles. The van der Waals surface area contributed by atoms with Gasteiger partial charge in [-0.15, -0.1) is 0 Å². The standard InChI is InChI=1S/C14H18Br2N2O4/c1-17(5-7-21-2)6-8-22-12-3-4-13(18(19)20)11(9-12)10-14(15)16/h3-4,9-10H,5-8H2,1-2H3. The molecule has 0 aromatic heterocycles. The summed E-state index contributed by atoms with van der Waals surface area (Å²) in [6.45, 7) is 2.73. The number of methoxy groups -OCH3 is 1. The number of nitrogens with zero attached hydrogens (tertiary/aromatic N) is 2. The number of likely N-dealkylation sites (N-methyl/N-ethyl adjacent to an activating group) is 1. The maximum atomic E-state index is 11.0. The normalized spacial score (nSPS) is 10.6. The van der Waals surface area contributed by atoms with Gasteiger partial charge in [-0.25, -0.2) is 0 Å². The molecule has 22 heavy (non-hydrogen) atoms. The number of benzene rings is 1. The van der Waals surface area contributed by atoms with Crippen LogP contribution < -0.4 is 4.74 Å². The highest BCUT2D eigenvalue weighted by Crippen LogP contribution is 2.28. The molecule has 0 amide bonds. The van der Waals surface area contributed by atoms with Crippen LogP contribution in [0.5, 0.6) is 5.75 Å². The van der Waals surface area contributed by atoms with Gasteiger partial charge in [-0.2, -0.15) is 0 Å². The summed E-state index contributed by atoms with van der Waals surface area (Å²) in [5.74, 6) is 0.596. The molecule has 0 radical (unpaired) electrons. The number of rotatable bonds is 9. The average Bonchev–Trinajstić information content (AvgIpc) is 2.44. The first-order valence-electron chi connectivity index (χ1n) is 6.55. The van der Waals surface area contributed by atoms with Crippen LogP contribution in [0.15, 0.2) is 21.6 Å². The molecule has 0 spiro atoms. The Kier molecular flexibility index (Phi) is 8.62. The van der Waals surface area contributed by atoms with Crippen LogP contribution in [0.3, 0.4) is 0 Å². The van der Waals surface area contributed by atoms with E-state index in [1.54, 1.807) is 25.3 Å². The second kappa shape index (κ2) is 9.94. The minimum absolute atomic E-state index is 0.0287. The van der Waals surface area contributed by atoms with Gasteiger partial charge in [0.05, 0.1) is 20.5 Å². The SMILES string of the molecule is COCCN(C)CCOc1ccc([N+](=O)[O-])c(C=C(Br)Br)c1.